The molecule has 2 saturated carbocycles. The first-order chi connectivity index (χ1) is 25.2. The highest BCUT2D eigenvalue weighted by atomic mass is 16.6. The van der Waals surface area contributed by atoms with E-state index < -0.39 is 11.2 Å². The van der Waals surface area contributed by atoms with Gasteiger partial charge in [-0.1, -0.05) is 19.3 Å². The zero-order valence-corrected chi connectivity index (χ0v) is 34.8. The summed E-state index contributed by atoms with van der Waals surface area (Å²) in [6.07, 6.45) is 10.4. The van der Waals surface area contributed by atoms with Gasteiger partial charge in [-0.15, -0.1) is 0 Å². The minimum absolute atomic E-state index is 0.0296. The average molecular weight is 758 g/mol. The Morgan fingerprint density at radius 3 is 2.15 bits per heavy atom. The van der Waals surface area contributed by atoms with Gasteiger partial charge in [0.05, 0.1) is 0 Å². The number of nitrogen functional groups attached to an aromatic ring is 1. The van der Waals surface area contributed by atoms with Crippen molar-refractivity contribution in [2.24, 2.45) is 5.92 Å². The van der Waals surface area contributed by atoms with Crippen molar-refractivity contribution in [3.63, 3.8) is 0 Å². The van der Waals surface area contributed by atoms with Gasteiger partial charge < -0.3 is 45.9 Å². The Hall–Kier alpha value is -3.55. The highest BCUT2D eigenvalue weighted by Crippen LogP contribution is 2.30. The highest BCUT2D eigenvalue weighted by molar-refractivity contribution is 5.83. The Balaban J connectivity index is 1.30. The molecule has 2 heterocycles. The maximum atomic E-state index is 13.4. The summed E-state index contributed by atoms with van der Waals surface area (Å²) in [5.74, 6) is 2.05. The van der Waals surface area contributed by atoms with Crippen LogP contribution in [0.3, 0.4) is 0 Å². The summed E-state index contributed by atoms with van der Waals surface area (Å²) in [6, 6.07) is 1.82. The van der Waals surface area contributed by atoms with Crippen molar-refractivity contribution >= 4 is 35.7 Å². The van der Waals surface area contributed by atoms with Crippen molar-refractivity contribution in [2.75, 3.05) is 55.2 Å². The van der Waals surface area contributed by atoms with Crippen molar-refractivity contribution < 1.29 is 23.9 Å². The molecule has 14 heteroatoms. The molecule has 3 amide bonds. The van der Waals surface area contributed by atoms with Gasteiger partial charge >= 0.3 is 12.2 Å². The SMILES string of the molecule is CC(C)(C)NC(=O)[C@@H]1CN(c2cc(N)nc(NC3CCC(CCN(CCCN(C(=O)OC(C)(C)C)C4CCCCC4)C(=O)OC(C)(C)C)CC3)n2)CCN1. The lowest BCUT2D eigenvalue weighted by molar-refractivity contribution is -0.124. The van der Waals surface area contributed by atoms with E-state index in [0.29, 0.717) is 69.2 Å². The van der Waals surface area contributed by atoms with Crippen LogP contribution in [0.25, 0.3) is 0 Å². The van der Waals surface area contributed by atoms with Crippen molar-refractivity contribution in [1.29, 1.82) is 0 Å². The number of carbonyl (C=O) groups is 3. The summed E-state index contributed by atoms with van der Waals surface area (Å²) < 4.78 is 11.6. The Kier molecular flexibility index (Phi) is 15.1. The molecule has 14 nitrogen and oxygen atoms in total. The molecular formula is C40H71N9O5. The van der Waals surface area contributed by atoms with Crippen molar-refractivity contribution in [3.05, 3.63) is 6.07 Å². The van der Waals surface area contributed by atoms with E-state index in [1.165, 1.54) is 6.42 Å². The van der Waals surface area contributed by atoms with E-state index in [1.807, 2.05) is 72.1 Å². The molecule has 2 aliphatic carbocycles. The van der Waals surface area contributed by atoms with Crippen LogP contribution in [0.1, 0.15) is 133 Å². The van der Waals surface area contributed by atoms with Gasteiger partial charge in [-0.2, -0.15) is 9.97 Å². The average Bonchev–Trinajstić information content (AvgIpc) is 3.06. The number of aromatic nitrogens is 2. The van der Waals surface area contributed by atoms with Crippen LogP contribution in [0.2, 0.25) is 0 Å². The summed E-state index contributed by atoms with van der Waals surface area (Å²) in [7, 11) is 0. The predicted molar refractivity (Wildman–Crippen MR) is 215 cm³/mol. The minimum atomic E-state index is -0.597. The molecule has 0 bridgehead atoms. The van der Waals surface area contributed by atoms with E-state index >= 15 is 0 Å². The van der Waals surface area contributed by atoms with Crippen LogP contribution in [-0.2, 0) is 14.3 Å². The molecule has 0 radical (unpaired) electrons. The van der Waals surface area contributed by atoms with Crippen LogP contribution in [0.15, 0.2) is 6.07 Å². The van der Waals surface area contributed by atoms with Gasteiger partial charge in [0.1, 0.15) is 28.9 Å². The van der Waals surface area contributed by atoms with Gasteiger partial charge in [0.15, 0.2) is 0 Å². The second kappa shape index (κ2) is 18.9. The number of anilines is 3. The molecule has 54 heavy (non-hydrogen) atoms. The van der Waals surface area contributed by atoms with Gasteiger partial charge in [0.2, 0.25) is 11.9 Å². The van der Waals surface area contributed by atoms with Crippen LogP contribution in [0, 0.1) is 5.92 Å². The van der Waals surface area contributed by atoms with Crippen molar-refractivity contribution in [3.8, 4) is 0 Å². The number of rotatable bonds is 12. The van der Waals surface area contributed by atoms with E-state index in [0.717, 1.165) is 57.8 Å². The van der Waals surface area contributed by atoms with Gasteiger partial charge in [0, 0.05) is 63.0 Å². The fourth-order valence-corrected chi connectivity index (χ4v) is 7.57. The number of nitrogens with two attached hydrogens (primary N) is 1. The molecular weight excluding hydrogens is 686 g/mol. The summed E-state index contributed by atoms with van der Waals surface area (Å²) >= 11 is 0. The Labute approximate surface area is 324 Å². The van der Waals surface area contributed by atoms with Gasteiger partial charge in [-0.05, 0) is 120 Å². The fraction of sp³-hybridized carbons (Fsp3) is 0.825. The molecule has 0 spiro atoms. The molecule has 1 saturated heterocycles. The second-order valence-electron chi connectivity index (χ2n) is 18.6. The quantitative estimate of drug-likeness (QED) is 0.189. The first-order valence-electron chi connectivity index (χ1n) is 20.4. The molecule has 306 valence electrons. The van der Waals surface area contributed by atoms with Crippen LogP contribution >= 0.6 is 0 Å². The first-order valence-corrected chi connectivity index (χ1v) is 20.4. The lowest BCUT2D eigenvalue weighted by Crippen LogP contribution is -2.59. The van der Waals surface area contributed by atoms with Crippen LogP contribution in [0.4, 0.5) is 27.2 Å². The number of piperazine rings is 1. The fourth-order valence-electron chi connectivity index (χ4n) is 7.57. The van der Waals surface area contributed by atoms with E-state index in [2.05, 4.69) is 25.8 Å². The zero-order valence-electron chi connectivity index (χ0n) is 34.8. The van der Waals surface area contributed by atoms with E-state index in [1.54, 1.807) is 6.07 Å². The van der Waals surface area contributed by atoms with E-state index in [-0.39, 0.29) is 41.8 Å². The normalized spacial score (nSPS) is 21.6. The third-order valence-corrected chi connectivity index (χ3v) is 10.2. The van der Waals surface area contributed by atoms with Crippen molar-refractivity contribution in [2.45, 2.75) is 168 Å². The maximum Gasteiger partial charge on any atom is 0.410 e. The first kappa shape index (κ1) is 43.2. The van der Waals surface area contributed by atoms with Crippen LogP contribution in [0.5, 0.6) is 0 Å². The number of nitrogens with one attached hydrogen (secondary N) is 3. The van der Waals surface area contributed by atoms with E-state index in [9.17, 15) is 14.4 Å². The Morgan fingerprint density at radius 2 is 1.52 bits per heavy atom. The van der Waals surface area contributed by atoms with Crippen LogP contribution in [-0.4, -0.2) is 112 Å². The molecule has 3 aliphatic rings. The number of nitrogens with zero attached hydrogens (tertiary/aromatic N) is 5. The predicted octanol–water partition coefficient (Wildman–Crippen LogP) is 6.31. The number of hydrogen-bond acceptors (Lipinski definition) is 11. The number of carbonyl (C=O) groups excluding carboxylic acids is 3. The van der Waals surface area contributed by atoms with Gasteiger partial charge in [0.25, 0.3) is 0 Å². The number of ether oxygens (including phenoxy) is 2. The minimum Gasteiger partial charge on any atom is -0.444 e. The molecule has 1 aliphatic heterocycles. The van der Waals surface area contributed by atoms with Crippen LogP contribution < -0.4 is 26.6 Å². The molecule has 3 fully saturated rings. The van der Waals surface area contributed by atoms with Crippen molar-refractivity contribution in [1.82, 2.24) is 30.4 Å². The molecule has 0 unspecified atom stereocenters. The largest absolute Gasteiger partial charge is 0.444 e. The third-order valence-electron chi connectivity index (χ3n) is 10.2. The standard InChI is InChI=1S/C40H71N9O5/c1-38(2,3)46-34(50)31-27-48(25-21-42-31)33-26-32(41)44-35(45-33)43-29-18-16-28(17-19-29)20-24-47(36(51)53-39(4,5)6)22-13-23-49(30-14-11-10-12-15-30)37(52)54-40(7,8)9/h26,28-31,42H,10-25,27H2,1-9H3,(H,46,50)(H3,41,43,44,45)/t28?,29?,31-/m0/s1. The molecule has 0 aromatic carbocycles. The summed E-state index contributed by atoms with van der Waals surface area (Å²) in [6.45, 7) is 20.9. The number of hydrogen-bond donors (Lipinski definition) is 4. The molecule has 1 atom stereocenters. The Bertz CT molecular complexity index is 1370. The highest BCUT2D eigenvalue weighted by Gasteiger charge is 2.32. The molecule has 5 N–H and O–H groups in total. The Morgan fingerprint density at radius 1 is 0.870 bits per heavy atom. The monoisotopic (exact) mass is 758 g/mol. The topological polar surface area (TPSA) is 167 Å². The van der Waals surface area contributed by atoms with Gasteiger partial charge in [-0.3, -0.25) is 4.79 Å². The third kappa shape index (κ3) is 14.6. The van der Waals surface area contributed by atoms with E-state index in [4.69, 9.17) is 20.2 Å². The molecule has 1 aromatic heterocycles. The molecule has 1 aromatic rings. The summed E-state index contributed by atoms with van der Waals surface area (Å²) in [5, 5.41) is 9.92. The maximum absolute atomic E-state index is 13.4. The lowest BCUT2D eigenvalue weighted by atomic mass is 9.84. The zero-order chi connectivity index (χ0) is 39.7. The number of amides is 3. The second-order valence-corrected chi connectivity index (χ2v) is 18.6. The molecule has 4 rings (SSSR count). The summed E-state index contributed by atoms with van der Waals surface area (Å²) in [4.78, 5) is 54.7. The summed E-state index contributed by atoms with van der Waals surface area (Å²) in [5.41, 5.74) is 4.78. The lowest BCUT2D eigenvalue weighted by Gasteiger charge is -2.36. The van der Waals surface area contributed by atoms with Gasteiger partial charge in [-0.25, -0.2) is 9.59 Å². The smallest absolute Gasteiger partial charge is 0.410 e.